The van der Waals surface area contributed by atoms with Crippen molar-refractivity contribution < 1.29 is 9.21 Å². The Hall–Kier alpha value is -1.29. The van der Waals surface area contributed by atoms with Crippen LogP contribution < -0.4 is 5.32 Å². The summed E-state index contributed by atoms with van der Waals surface area (Å²) >= 11 is 0. The lowest BCUT2D eigenvalue weighted by Gasteiger charge is -2.30. The van der Waals surface area contributed by atoms with Crippen molar-refractivity contribution in [3.8, 4) is 0 Å². The number of rotatable bonds is 6. The van der Waals surface area contributed by atoms with Crippen molar-refractivity contribution in [2.24, 2.45) is 0 Å². The van der Waals surface area contributed by atoms with E-state index in [9.17, 15) is 4.79 Å². The van der Waals surface area contributed by atoms with Crippen LogP contribution in [0.15, 0.2) is 22.8 Å². The van der Waals surface area contributed by atoms with Crippen molar-refractivity contribution in [1.82, 2.24) is 10.2 Å². The monoisotopic (exact) mass is 238 g/mol. The molecule has 4 heteroatoms. The van der Waals surface area contributed by atoms with Crippen LogP contribution in [0.5, 0.6) is 0 Å². The van der Waals surface area contributed by atoms with Gasteiger partial charge < -0.3 is 9.73 Å². The number of carbonyl (C=O) groups excluding carboxylic acids is 1. The van der Waals surface area contributed by atoms with Crippen LogP contribution in [0.25, 0.3) is 0 Å². The van der Waals surface area contributed by atoms with Gasteiger partial charge in [0.05, 0.1) is 6.26 Å². The lowest BCUT2D eigenvalue weighted by molar-refractivity contribution is 0.0912. The molecular formula is C13H22N2O2. The minimum Gasteiger partial charge on any atom is -0.459 e. The molecule has 96 valence electrons. The van der Waals surface area contributed by atoms with Gasteiger partial charge in [-0.3, -0.25) is 9.69 Å². The molecule has 0 aliphatic carbocycles. The van der Waals surface area contributed by atoms with Crippen molar-refractivity contribution >= 4 is 5.91 Å². The predicted molar refractivity (Wildman–Crippen MR) is 68.0 cm³/mol. The SMILES string of the molecule is CC(C)N(CCNC(=O)c1ccco1)C(C)C. The quantitative estimate of drug-likeness (QED) is 0.825. The van der Waals surface area contributed by atoms with Gasteiger partial charge in [-0.15, -0.1) is 0 Å². The molecule has 0 bridgehead atoms. The number of amides is 1. The second-order valence-electron chi connectivity index (χ2n) is 4.66. The Kier molecular flexibility index (Phi) is 5.22. The van der Waals surface area contributed by atoms with Crippen molar-refractivity contribution in [3.05, 3.63) is 24.2 Å². The van der Waals surface area contributed by atoms with Gasteiger partial charge in [0.15, 0.2) is 5.76 Å². The molecule has 1 heterocycles. The van der Waals surface area contributed by atoms with Gasteiger partial charge in [-0.05, 0) is 39.8 Å². The molecular weight excluding hydrogens is 216 g/mol. The molecule has 17 heavy (non-hydrogen) atoms. The number of hydrogen-bond acceptors (Lipinski definition) is 3. The molecule has 0 radical (unpaired) electrons. The van der Waals surface area contributed by atoms with Gasteiger partial charge in [-0.2, -0.15) is 0 Å². The second kappa shape index (κ2) is 6.45. The fraction of sp³-hybridized carbons (Fsp3) is 0.615. The third-order valence-corrected chi connectivity index (χ3v) is 2.73. The summed E-state index contributed by atoms with van der Waals surface area (Å²) in [6.45, 7) is 10.1. The van der Waals surface area contributed by atoms with E-state index in [0.717, 1.165) is 6.54 Å². The normalized spacial score (nSPS) is 11.5. The molecule has 0 aliphatic heterocycles. The van der Waals surface area contributed by atoms with E-state index in [1.165, 1.54) is 6.26 Å². The summed E-state index contributed by atoms with van der Waals surface area (Å²) < 4.78 is 5.02. The predicted octanol–water partition coefficient (Wildman–Crippen LogP) is 2.13. The van der Waals surface area contributed by atoms with Crippen LogP contribution in [0.3, 0.4) is 0 Å². The van der Waals surface area contributed by atoms with Crippen LogP contribution >= 0.6 is 0 Å². The molecule has 0 aliphatic rings. The van der Waals surface area contributed by atoms with Crippen LogP contribution in [0.4, 0.5) is 0 Å². The number of hydrogen-bond donors (Lipinski definition) is 1. The summed E-state index contributed by atoms with van der Waals surface area (Å²) in [7, 11) is 0. The zero-order valence-electron chi connectivity index (χ0n) is 11.1. The highest BCUT2D eigenvalue weighted by molar-refractivity contribution is 5.91. The summed E-state index contributed by atoms with van der Waals surface area (Å²) in [5, 5.41) is 2.85. The van der Waals surface area contributed by atoms with Crippen LogP contribution in [0, 0.1) is 0 Å². The van der Waals surface area contributed by atoms with E-state index in [0.29, 0.717) is 24.4 Å². The van der Waals surface area contributed by atoms with Crippen molar-refractivity contribution in [3.63, 3.8) is 0 Å². The van der Waals surface area contributed by atoms with Crippen molar-refractivity contribution in [1.29, 1.82) is 0 Å². The fourth-order valence-electron chi connectivity index (χ4n) is 1.91. The topological polar surface area (TPSA) is 45.5 Å². The molecule has 0 saturated heterocycles. The van der Waals surface area contributed by atoms with Gasteiger partial charge in [-0.25, -0.2) is 0 Å². The lowest BCUT2D eigenvalue weighted by atomic mass is 10.2. The Bertz CT molecular complexity index is 323. The van der Waals surface area contributed by atoms with Gasteiger partial charge in [0.1, 0.15) is 0 Å². The zero-order chi connectivity index (χ0) is 12.8. The lowest BCUT2D eigenvalue weighted by Crippen LogP contribution is -2.42. The molecule has 1 aromatic heterocycles. The fourth-order valence-corrected chi connectivity index (χ4v) is 1.91. The average Bonchev–Trinajstić information content (AvgIpc) is 2.76. The minimum atomic E-state index is -0.150. The summed E-state index contributed by atoms with van der Waals surface area (Å²) in [6.07, 6.45) is 1.50. The average molecular weight is 238 g/mol. The van der Waals surface area contributed by atoms with Crippen molar-refractivity contribution in [2.75, 3.05) is 13.1 Å². The Labute approximate surface area is 103 Å². The zero-order valence-corrected chi connectivity index (χ0v) is 11.1. The molecule has 1 N–H and O–H groups in total. The van der Waals surface area contributed by atoms with E-state index in [4.69, 9.17) is 4.42 Å². The van der Waals surface area contributed by atoms with Gasteiger partial charge in [0.25, 0.3) is 5.91 Å². The first-order valence-electron chi connectivity index (χ1n) is 6.09. The summed E-state index contributed by atoms with van der Waals surface area (Å²) in [6, 6.07) is 4.34. The molecule has 1 amide bonds. The largest absolute Gasteiger partial charge is 0.459 e. The first-order valence-corrected chi connectivity index (χ1v) is 6.09. The number of nitrogens with zero attached hydrogens (tertiary/aromatic N) is 1. The molecule has 0 fully saturated rings. The molecule has 0 spiro atoms. The van der Waals surface area contributed by atoms with E-state index >= 15 is 0 Å². The van der Waals surface area contributed by atoms with E-state index in [-0.39, 0.29) is 5.91 Å². The van der Waals surface area contributed by atoms with Crippen LogP contribution in [-0.4, -0.2) is 36.0 Å². The Morgan fingerprint density at radius 1 is 1.35 bits per heavy atom. The second-order valence-corrected chi connectivity index (χ2v) is 4.66. The minimum absolute atomic E-state index is 0.150. The van der Waals surface area contributed by atoms with E-state index < -0.39 is 0 Å². The highest BCUT2D eigenvalue weighted by atomic mass is 16.3. The maximum Gasteiger partial charge on any atom is 0.287 e. The summed E-state index contributed by atoms with van der Waals surface area (Å²) in [5.41, 5.74) is 0. The van der Waals surface area contributed by atoms with Gasteiger partial charge in [0.2, 0.25) is 0 Å². The molecule has 0 saturated carbocycles. The number of nitrogens with one attached hydrogen (secondary N) is 1. The van der Waals surface area contributed by atoms with Crippen LogP contribution in [0.1, 0.15) is 38.2 Å². The van der Waals surface area contributed by atoms with Crippen LogP contribution in [-0.2, 0) is 0 Å². The molecule has 0 unspecified atom stereocenters. The Morgan fingerprint density at radius 2 is 2.00 bits per heavy atom. The first-order chi connectivity index (χ1) is 8.02. The van der Waals surface area contributed by atoms with E-state index in [1.807, 2.05) is 0 Å². The van der Waals surface area contributed by atoms with Gasteiger partial charge in [-0.1, -0.05) is 0 Å². The van der Waals surface area contributed by atoms with Gasteiger partial charge >= 0.3 is 0 Å². The number of carbonyl (C=O) groups is 1. The highest BCUT2D eigenvalue weighted by Gasteiger charge is 2.13. The molecule has 0 aromatic carbocycles. The maximum absolute atomic E-state index is 11.6. The maximum atomic E-state index is 11.6. The molecule has 1 aromatic rings. The highest BCUT2D eigenvalue weighted by Crippen LogP contribution is 2.04. The van der Waals surface area contributed by atoms with E-state index in [1.54, 1.807) is 12.1 Å². The van der Waals surface area contributed by atoms with Gasteiger partial charge in [0, 0.05) is 25.2 Å². The molecule has 1 rings (SSSR count). The first kappa shape index (κ1) is 13.8. The summed E-state index contributed by atoms with van der Waals surface area (Å²) in [4.78, 5) is 13.9. The molecule has 4 nitrogen and oxygen atoms in total. The van der Waals surface area contributed by atoms with Crippen LogP contribution in [0.2, 0.25) is 0 Å². The van der Waals surface area contributed by atoms with Crippen molar-refractivity contribution in [2.45, 2.75) is 39.8 Å². The Morgan fingerprint density at radius 3 is 2.47 bits per heavy atom. The third-order valence-electron chi connectivity index (χ3n) is 2.73. The third kappa shape index (κ3) is 4.23. The Balaban J connectivity index is 2.34. The number of furan rings is 1. The molecule has 0 atom stereocenters. The summed E-state index contributed by atoms with van der Waals surface area (Å²) in [5.74, 6) is 0.216. The standard InChI is InChI=1S/C13H22N2O2/c1-10(2)15(11(3)4)8-7-14-13(16)12-6-5-9-17-12/h5-6,9-11H,7-8H2,1-4H3,(H,14,16). The van der Waals surface area contributed by atoms with E-state index in [2.05, 4.69) is 37.9 Å². The smallest absolute Gasteiger partial charge is 0.287 e.